The van der Waals surface area contributed by atoms with E-state index < -0.39 is 10.0 Å². The van der Waals surface area contributed by atoms with E-state index in [-0.39, 0.29) is 28.9 Å². The molecule has 2 aromatic rings. The van der Waals surface area contributed by atoms with E-state index in [1.807, 2.05) is 30.3 Å². The zero-order chi connectivity index (χ0) is 19.4. The predicted octanol–water partition coefficient (Wildman–Crippen LogP) is 3.54. The number of piperazine rings is 1. The summed E-state index contributed by atoms with van der Waals surface area (Å²) < 4.78 is 27.0. The van der Waals surface area contributed by atoms with E-state index in [9.17, 15) is 13.2 Å². The molecule has 0 bridgehead atoms. The molecule has 1 fully saturated rings. The first kappa shape index (κ1) is 19.9. The van der Waals surface area contributed by atoms with Crippen molar-refractivity contribution in [3.63, 3.8) is 0 Å². The van der Waals surface area contributed by atoms with Crippen molar-refractivity contribution in [2.75, 3.05) is 26.2 Å². The molecular formula is C19H18Cl2N2O3S. The molecule has 0 aromatic heterocycles. The Bertz CT molecular complexity index is 954. The van der Waals surface area contributed by atoms with Crippen molar-refractivity contribution in [3.05, 3.63) is 70.2 Å². The quantitative estimate of drug-likeness (QED) is 0.705. The number of nitrogens with zero attached hydrogens (tertiary/aromatic N) is 2. The molecule has 0 saturated carbocycles. The van der Waals surface area contributed by atoms with E-state index in [0.717, 1.165) is 5.56 Å². The molecule has 0 atom stereocenters. The van der Waals surface area contributed by atoms with E-state index >= 15 is 0 Å². The van der Waals surface area contributed by atoms with Gasteiger partial charge >= 0.3 is 0 Å². The topological polar surface area (TPSA) is 57.7 Å². The summed E-state index contributed by atoms with van der Waals surface area (Å²) in [4.78, 5) is 13.9. The average Bonchev–Trinajstić information content (AvgIpc) is 2.68. The van der Waals surface area contributed by atoms with Gasteiger partial charge in [-0.2, -0.15) is 4.31 Å². The van der Waals surface area contributed by atoms with Gasteiger partial charge in [0.2, 0.25) is 15.9 Å². The van der Waals surface area contributed by atoms with Gasteiger partial charge in [0.1, 0.15) is 4.90 Å². The SMILES string of the molecule is O=C(C=Cc1ccccc1)N1CCN(S(=O)(=O)c2cc(Cl)ccc2Cl)CC1. The predicted molar refractivity (Wildman–Crippen MR) is 107 cm³/mol. The number of hydrogen-bond donors (Lipinski definition) is 0. The van der Waals surface area contributed by atoms with Gasteiger partial charge in [0.05, 0.1) is 5.02 Å². The molecule has 5 nitrogen and oxygen atoms in total. The summed E-state index contributed by atoms with van der Waals surface area (Å²) in [5.41, 5.74) is 0.933. The van der Waals surface area contributed by atoms with Gasteiger partial charge in [-0.05, 0) is 29.8 Å². The Kier molecular flexibility index (Phi) is 6.22. The van der Waals surface area contributed by atoms with Crippen molar-refractivity contribution in [1.82, 2.24) is 9.21 Å². The number of hydrogen-bond acceptors (Lipinski definition) is 3. The summed E-state index contributed by atoms with van der Waals surface area (Å²) in [5.74, 6) is -0.142. The number of carbonyl (C=O) groups is 1. The lowest BCUT2D eigenvalue weighted by Crippen LogP contribution is -2.50. The minimum Gasteiger partial charge on any atom is -0.337 e. The van der Waals surface area contributed by atoms with Gasteiger partial charge in [0.15, 0.2) is 0 Å². The minimum absolute atomic E-state index is 0.0135. The molecule has 2 aromatic carbocycles. The largest absolute Gasteiger partial charge is 0.337 e. The zero-order valence-electron chi connectivity index (χ0n) is 14.4. The van der Waals surface area contributed by atoms with Crippen LogP contribution in [0.4, 0.5) is 0 Å². The van der Waals surface area contributed by atoms with E-state index in [1.165, 1.54) is 22.5 Å². The highest BCUT2D eigenvalue weighted by molar-refractivity contribution is 7.89. The third-order valence-electron chi connectivity index (χ3n) is 4.28. The summed E-state index contributed by atoms with van der Waals surface area (Å²) in [7, 11) is -3.76. The van der Waals surface area contributed by atoms with Gasteiger partial charge in [-0.15, -0.1) is 0 Å². The Labute approximate surface area is 168 Å². The van der Waals surface area contributed by atoms with Crippen LogP contribution < -0.4 is 0 Å². The van der Waals surface area contributed by atoms with Crippen molar-refractivity contribution < 1.29 is 13.2 Å². The maximum atomic E-state index is 12.8. The van der Waals surface area contributed by atoms with Gasteiger partial charge in [0.25, 0.3) is 0 Å². The van der Waals surface area contributed by atoms with Crippen LogP contribution in [-0.4, -0.2) is 49.7 Å². The molecule has 0 radical (unpaired) electrons. The van der Waals surface area contributed by atoms with Gasteiger partial charge in [-0.3, -0.25) is 4.79 Å². The minimum atomic E-state index is -3.76. The van der Waals surface area contributed by atoms with Crippen LogP contribution >= 0.6 is 23.2 Å². The first-order chi connectivity index (χ1) is 12.9. The average molecular weight is 425 g/mol. The van der Waals surface area contributed by atoms with Gasteiger partial charge < -0.3 is 4.90 Å². The van der Waals surface area contributed by atoms with Crippen LogP contribution in [-0.2, 0) is 14.8 Å². The highest BCUT2D eigenvalue weighted by atomic mass is 35.5. The Morgan fingerprint density at radius 2 is 1.63 bits per heavy atom. The molecule has 1 saturated heterocycles. The van der Waals surface area contributed by atoms with E-state index in [4.69, 9.17) is 23.2 Å². The second-order valence-electron chi connectivity index (χ2n) is 6.05. The smallest absolute Gasteiger partial charge is 0.246 e. The molecule has 1 heterocycles. The maximum Gasteiger partial charge on any atom is 0.246 e. The highest BCUT2D eigenvalue weighted by Crippen LogP contribution is 2.28. The molecule has 0 spiro atoms. The normalized spacial score (nSPS) is 16.0. The van der Waals surface area contributed by atoms with Crippen LogP contribution in [0.3, 0.4) is 0 Å². The van der Waals surface area contributed by atoms with Crippen LogP contribution in [0, 0.1) is 0 Å². The fourth-order valence-electron chi connectivity index (χ4n) is 2.80. The van der Waals surface area contributed by atoms with Crippen LogP contribution in [0.5, 0.6) is 0 Å². The number of halogens is 2. The third-order valence-corrected chi connectivity index (χ3v) is 6.89. The number of benzene rings is 2. The number of rotatable bonds is 4. The molecule has 1 aliphatic heterocycles. The van der Waals surface area contributed by atoms with Crippen LogP contribution in [0.15, 0.2) is 59.5 Å². The second kappa shape index (κ2) is 8.44. The van der Waals surface area contributed by atoms with E-state index in [2.05, 4.69) is 0 Å². The molecule has 142 valence electrons. The summed E-state index contributed by atoms with van der Waals surface area (Å²) >= 11 is 12.0. The fraction of sp³-hybridized carbons (Fsp3) is 0.211. The van der Waals surface area contributed by atoms with Crippen molar-refractivity contribution in [1.29, 1.82) is 0 Å². The summed E-state index contributed by atoms with van der Waals surface area (Å²) in [6.45, 7) is 1.04. The molecule has 3 rings (SSSR count). The summed E-state index contributed by atoms with van der Waals surface area (Å²) in [6, 6.07) is 13.9. The maximum absolute atomic E-state index is 12.8. The summed E-state index contributed by atoms with van der Waals surface area (Å²) in [5, 5.41) is 0.432. The Balaban J connectivity index is 1.65. The fourth-order valence-corrected chi connectivity index (χ4v) is 4.96. The second-order valence-corrected chi connectivity index (χ2v) is 8.80. The van der Waals surface area contributed by atoms with Gasteiger partial charge in [-0.1, -0.05) is 53.5 Å². The molecule has 1 amide bonds. The summed E-state index contributed by atoms with van der Waals surface area (Å²) in [6.07, 6.45) is 3.25. The van der Waals surface area contributed by atoms with Crippen LogP contribution in [0.1, 0.15) is 5.56 Å². The first-order valence-corrected chi connectivity index (χ1v) is 10.5. The number of amides is 1. The standard InChI is InChI=1S/C19H18Cl2N2O3S/c20-16-7-8-17(21)18(14-16)27(25,26)23-12-10-22(11-13-23)19(24)9-6-15-4-2-1-3-5-15/h1-9,14H,10-13H2. The molecule has 27 heavy (non-hydrogen) atoms. The van der Waals surface area contributed by atoms with Crippen molar-refractivity contribution in [2.24, 2.45) is 0 Å². The lowest BCUT2D eigenvalue weighted by atomic mass is 10.2. The third kappa shape index (κ3) is 4.71. The van der Waals surface area contributed by atoms with E-state index in [0.29, 0.717) is 18.1 Å². The number of carbonyl (C=O) groups excluding carboxylic acids is 1. The van der Waals surface area contributed by atoms with Crippen molar-refractivity contribution in [2.45, 2.75) is 4.90 Å². The first-order valence-electron chi connectivity index (χ1n) is 8.35. The number of sulfonamides is 1. The van der Waals surface area contributed by atoms with Crippen LogP contribution in [0.2, 0.25) is 10.0 Å². The molecule has 1 aliphatic rings. The Morgan fingerprint density at radius 3 is 2.30 bits per heavy atom. The molecule has 8 heteroatoms. The Hall–Kier alpha value is -1.86. The van der Waals surface area contributed by atoms with Gasteiger partial charge in [0, 0.05) is 37.3 Å². The molecular weight excluding hydrogens is 407 g/mol. The zero-order valence-corrected chi connectivity index (χ0v) is 16.7. The lowest BCUT2D eigenvalue weighted by molar-refractivity contribution is -0.127. The van der Waals surface area contributed by atoms with Gasteiger partial charge in [-0.25, -0.2) is 8.42 Å². The molecule has 0 N–H and O–H groups in total. The highest BCUT2D eigenvalue weighted by Gasteiger charge is 2.31. The molecule has 0 aliphatic carbocycles. The molecule has 0 unspecified atom stereocenters. The monoisotopic (exact) mass is 424 g/mol. The van der Waals surface area contributed by atoms with E-state index in [1.54, 1.807) is 17.0 Å². The van der Waals surface area contributed by atoms with Crippen molar-refractivity contribution in [3.8, 4) is 0 Å². The Morgan fingerprint density at radius 1 is 0.963 bits per heavy atom. The van der Waals surface area contributed by atoms with Crippen molar-refractivity contribution >= 4 is 45.2 Å². The lowest BCUT2D eigenvalue weighted by Gasteiger charge is -2.33. The van der Waals surface area contributed by atoms with Crippen LogP contribution in [0.25, 0.3) is 6.08 Å².